The van der Waals surface area contributed by atoms with Gasteiger partial charge >= 0.3 is 6.18 Å². The first-order valence-corrected chi connectivity index (χ1v) is 11.4. The number of nitrogens with zero attached hydrogens (tertiary/aromatic N) is 3. The highest BCUT2D eigenvalue weighted by Gasteiger charge is 2.34. The first kappa shape index (κ1) is 22.3. The molecule has 9 heteroatoms. The zero-order chi connectivity index (χ0) is 24.0. The first-order valence-electron chi connectivity index (χ1n) is 11.4. The van der Waals surface area contributed by atoms with Gasteiger partial charge in [-0.05, 0) is 50.8 Å². The van der Waals surface area contributed by atoms with E-state index in [-0.39, 0.29) is 23.6 Å². The van der Waals surface area contributed by atoms with Crippen LogP contribution in [0.3, 0.4) is 0 Å². The minimum absolute atomic E-state index is 0.0600. The van der Waals surface area contributed by atoms with Gasteiger partial charge in [0.25, 0.3) is 5.91 Å². The van der Waals surface area contributed by atoms with Crippen molar-refractivity contribution in [2.75, 3.05) is 5.32 Å². The average molecular weight is 470 g/mol. The number of carbonyl (C=O) groups is 1. The molecule has 0 aliphatic heterocycles. The van der Waals surface area contributed by atoms with Gasteiger partial charge in [-0.1, -0.05) is 24.3 Å². The highest BCUT2D eigenvalue weighted by molar-refractivity contribution is 6.08. The molecule has 34 heavy (non-hydrogen) atoms. The van der Waals surface area contributed by atoms with Crippen LogP contribution in [0.5, 0.6) is 0 Å². The number of imidazole rings is 1. The predicted octanol–water partition coefficient (Wildman–Crippen LogP) is 5.31. The number of aryl methyl sites for hydroxylation is 1. The molecule has 1 aliphatic carbocycles. The van der Waals surface area contributed by atoms with E-state index in [1.165, 1.54) is 4.40 Å². The smallest absolute Gasteiger partial charge is 0.368 e. The topological polar surface area (TPSA) is 63.4 Å². The molecule has 0 radical (unpaired) electrons. The van der Waals surface area contributed by atoms with E-state index in [1.807, 2.05) is 42.8 Å². The van der Waals surface area contributed by atoms with Crippen molar-refractivity contribution in [2.45, 2.75) is 50.9 Å². The lowest BCUT2D eigenvalue weighted by atomic mass is 9.91. The summed E-state index contributed by atoms with van der Waals surface area (Å²) >= 11 is 0. The summed E-state index contributed by atoms with van der Waals surface area (Å²) in [7, 11) is 1.96. The van der Waals surface area contributed by atoms with Crippen molar-refractivity contribution in [3.8, 4) is 0 Å². The highest BCUT2D eigenvalue weighted by Crippen LogP contribution is 2.30. The van der Waals surface area contributed by atoms with E-state index >= 15 is 0 Å². The quantitative estimate of drug-likeness (QED) is 0.426. The van der Waals surface area contributed by atoms with Crippen molar-refractivity contribution in [3.05, 3.63) is 65.6 Å². The first-order chi connectivity index (χ1) is 16.2. The molecule has 1 saturated carbocycles. The summed E-state index contributed by atoms with van der Waals surface area (Å²) in [6.07, 6.45) is -0.271. The zero-order valence-corrected chi connectivity index (χ0v) is 19.0. The molecular formula is C25H26F3N5O. The number of hydrogen-bond acceptors (Lipinski definition) is 3. The van der Waals surface area contributed by atoms with Gasteiger partial charge in [-0.15, -0.1) is 0 Å². The maximum atomic E-state index is 13.1. The molecule has 4 aromatic rings. The van der Waals surface area contributed by atoms with Gasteiger partial charge in [0.15, 0.2) is 5.69 Å². The Kier molecular flexibility index (Phi) is 5.50. The van der Waals surface area contributed by atoms with Gasteiger partial charge < -0.3 is 15.2 Å². The number of halogens is 3. The van der Waals surface area contributed by atoms with E-state index in [1.54, 1.807) is 18.2 Å². The molecule has 2 N–H and O–H groups in total. The lowest BCUT2D eigenvalue weighted by Crippen LogP contribution is -2.40. The monoisotopic (exact) mass is 469 g/mol. The van der Waals surface area contributed by atoms with Gasteiger partial charge in [-0.2, -0.15) is 13.2 Å². The molecule has 1 fully saturated rings. The SMILES string of the molecule is Cc1c(C(=O)N[C@H]2CC[C@@H](Nc3cccc4nc(C(F)(F)F)cn34)CC2)c2ccccc2n1C. The molecule has 3 heterocycles. The van der Waals surface area contributed by atoms with Crippen molar-refractivity contribution in [3.63, 3.8) is 0 Å². The summed E-state index contributed by atoms with van der Waals surface area (Å²) in [5, 5.41) is 7.51. The highest BCUT2D eigenvalue weighted by atomic mass is 19.4. The second kappa shape index (κ2) is 8.38. The number of aromatic nitrogens is 3. The van der Waals surface area contributed by atoms with E-state index in [2.05, 4.69) is 15.6 Å². The van der Waals surface area contributed by atoms with Crippen molar-refractivity contribution >= 4 is 28.3 Å². The summed E-state index contributed by atoms with van der Waals surface area (Å²) in [5.74, 6) is 0.521. The number of fused-ring (bicyclic) bond motifs is 2. The number of alkyl halides is 3. The van der Waals surface area contributed by atoms with E-state index in [0.717, 1.165) is 48.5 Å². The Morgan fingerprint density at radius 2 is 1.74 bits per heavy atom. The summed E-state index contributed by atoms with van der Waals surface area (Å²) < 4.78 is 42.7. The Balaban J connectivity index is 1.24. The van der Waals surface area contributed by atoms with Crippen LogP contribution in [0.1, 0.15) is 47.4 Å². The Labute approximate surface area is 194 Å². The molecular weight excluding hydrogens is 443 g/mol. The third kappa shape index (κ3) is 3.99. The summed E-state index contributed by atoms with van der Waals surface area (Å²) in [4.78, 5) is 16.8. The van der Waals surface area contributed by atoms with Gasteiger partial charge in [0.2, 0.25) is 0 Å². The summed E-state index contributed by atoms with van der Waals surface area (Å²) in [6.45, 7) is 1.95. The molecule has 1 aromatic carbocycles. The third-order valence-corrected chi connectivity index (χ3v) is 6.82. The van der Waals surface area contributed by atoms with Gasteiger partial charge in [0.05, 0.1) is 5.56 Å². The molecule has 5 rings (SSSR count). The minimum Gasteiger partial charge on any atom is -0.368 e. The summed E-state index contributed by atoms with van der Waals surface area (Å²) in [6, 6.07) is 13.1. The number of anilines is 1. The maximum Gasteiger partial charge on any atom is 0.434 e. The van der Waals surface area contributed by atoms with E-state index in [9.17, 15) is 18.0 Å². The Morgan fingerprint density at radius 1 is 1.03 bits per heavy atom. The van der Waals surface area contributed by atoms with Crippen LogP contribution in [0.4, 0.5) is 19.0 Å². The fourth-order valence-corrected chi connectivity index (χ4v) is 4.92. The van der Waals surface area contributed by atoms with Gasteiger partial charge in [0.1, 0.15) is 11.5 Å². The molecule has 1 amide bonds. The van der Waals surface area contributed by atoms with Crippen molar-refractivity contribution < 1.29 is 18.0 Å². The number of benzene rings is 1. The van der Waals surface area contributed by atoms with Crippen LogP contribution in [-0.2, 0) is 13.2 Å². The van der Waals surface area contributed by atoms with Crippen LogP contribution in [0.2, 0.25) is 0 Å². The lowest BCUT2D eigenvalue weighted by Gasteiger charge is -2.30. The largest absolute Gasteiger partial charge is 0.434 e. The normalized spacial score (nSPS) is 19.0. The fourth-order valence-electron chi connectivity index (χ4n) is 4.92. The van der Waals surface area contributed by atoms with Crippen LogP contribution in [0, 0.1) is 6.92 Å². The number of pyridine rings is 1. The van der Waals surface area contributed by atoms with E-state index < -0.39 is 11.9 Å². The predicted molar refractivity (Wildman–Crippen MR) is 125 cm³/mol. The van der Waals surface area contributed by atoms with Crippen LogP contribution in [0.15, 0.2) is 48.7 Å². The molecule has 0 spiro atoms. The molecule has 178 valence electrons. The summed E-state index contributed by atoms with van der Waals surface area (Å²) in [5.41, 5.74) is 2.02. The molecule has 0 atom stereocenters. The van der Waals surface area contributed by atoms with Crippen molar-refractivity contribution in [2.24, 2.45) is 7.05 Å². The van der Waals surface area contributed by atoms with Gasteiger partial charge in [0, 0.05) is 41.9 Å². The van der Waals surface area contributed by atoms with E-state index in [0.29, 0.717) is 11.4 Å². The molecule has 1 aliphatic rings. The number of para-hydroxylation sites is 1. The Morgan fingerprint density at radius 3 is 2.47 bits per heavy atom. The van der Waals surface area contributed by atoms with Crippen LogP contribution < -0.4 is 10.6 Å². The van der Waals surface area contributed by atoms with Crippen molar-refractivity contribution in [1.82, 2.24) is 19.3 Å². The number of hydrogen-bond donors (Lipinski definition) is 2. The third-order valence-electron chi connectivity index (χ3n) is 6.82. The molecule has 0 bridgehead atoms. The molecule has 0 saturated heterocycles. The molecule has 3 aromatic heterocycles. The van der Waals surface area contributed by atoms with Gasteiger partial charge in [-0.25, -0.2) is 4.98 Å². The second-order valence-corrected chi connectivity index (χ2v) is 8.97. The van der Waals surface area contributed by atoms with Crippen LogP contribution in [-0.4, -0.2) is 31.9 Å². The average Bonchev–Trinajstić information content (AvgIpc) is 3.36. The van der Waals surface area contributed by atoms with Crippen molar-refractivity contribution in [1.29, 1.82) is 0 Å². The van der Waals surface area contributed by atoms with Crippen LogP contribution >= 0.6 is 0 Å². The Hall–Kier alpha value is -3.49. The van der Waals surface area contributed by atoms with Gasteiger partial charge in [-0.3, -0.25) is 9.20 Å². The molecule has 6 nitrogen and oxygen atoms in total. The minimum atomic E-state index is -4.48. The fraction of sp³-hybridized carbons (Fsp3) is 0.360. The van der Waals surface area contributed by atoms with E-state index in [4.69, 9.17) is 0 Å². The second-order valence-electron chi connectivity index (χ2n) is 8.97. The number of nitrogens with one attached hydrogen (secondary N) is 2. The standard InChI is InChI=1S/C25H26F3N5O/c1-15-23(18-6-3-4-7-19(18)32(15)2)24(34)30-17-12-10-16(11-13-17)29-21-8-5-9-22-31-20(14-33(21)22)25(26,27)28/h3-9,14,16-17,29H,10-13H2,1-2H3,(H,30,34)/t16-,17+. The Bertz CT molecular complexity index is 1360. The number of amides is 1. The zero-order valence-electron chi connectivity index (χ0n) is 19.0. The number of carbonyl (C=O) groups excluding carboxylic acids is 1. The molecule has 0 unspecified atom stereocenters. The number of rotatable bonds is 4. The van der Waals surface area contributed by atoms with Crippen LogP contribution in [0.25, 0.3) is 16.6 Å². The maximum absolute atomic E-state index is 13.1. The lowest BCUT2D eigenvalue weighted by molar-refractivity contribution is -0.140.